The number of carbonyl (C=O) groups is 1. The Kier molecular flexibility index (Phi) is 5.06. The van der Waals surface area contributed by atoms with Crippen LogP contribution in [0.15, 0.2) is 59.7 Å². The van der Waals surface area contributed by atoms with E-state index in [2.05, 4.69) is 5.10 Å². The molecule has 4 nitrogen and oxygen atoms in total. The fourth-order valence-electron chi connectivity index (χ4n) is 2.41. The van der Waals surface area contributed by atoms with Crippen LogP contribution >= 0.6 is 24.0 Å². The van der Waals surface area contributed by atoms with Gasteiger partial charge < -0.3 is 5.11 Å². The van der Waals surface area contributed by atoms with Crippen molar-refractivity contribution >= 4 is 41.4 Å². The van der Waals surface area contributed by atoms with Gasteiger partial charge in [-0.15, -0.1) is 12.4 Å². The molecule has 0 saturated heterocycles. The first-order chi connectivity index (χ1) is 10.1. The molecule has 1 aliphatic heterocycles. The Morgan fingerprint density at radius 2 is 1.77 bits per heavy atom. The summed E-state index contributed by atoms with van der Waals surface area (Å²) in [6, 6.07) is 16.9. The number of nitrogens with zero attached hydrogens (tertiary/aromatic N) is 2. The van der Waals surface area contributed by atoms with Gasteiger partial charge in [0.25, 0.3) is 0 Å². The van der Waals surface area contributed by atoms with Crippen LogP contribution in [0, 0.1) is 0 Å². The van der Waals surface area contributed by atoms with E-state index in [1.165, 1.54) is 0 Å². The highest BCUT2D eigenvalue weighted by atomic mass is 35.5. The first-order valence-electron chi connectivity index (χ1n) is 6.55. The molecular weight excluding hydrogens is 323 g/mol. The lowest BCUT2D eigenvalue weighted by Gasteiger charge is -2.23. The molecule has 0 fully saturated rings. The minimum absolute atomic E-state index is 0. The van der Waals surface area contributed by atoms with E-state index in [1.807, 2.05) is 42.5 Å². The zero-order chi connectivity index (χ0) is 14.8. The van der Waals surface area contributed by atoms with Crippen molar-refractivity contribution < 1.29 is 9.90 Å². The number of anilines is 1. The molecule has 2 aromatic rings. The Balaban J connectivity index is 0.00000176. The largest absolute Gasteiger partial charge is 0.477 e. The highest BCUT2D eigenvalue weighted by Gasteiger charge is 2.32. The molecule has 6 heteroatoms. The lowest BCUT2D eigenvalue weighted by molar-refractivity contribution is -0.129. The van der Waals surface area contributed by atoms with Crippen molar-refractivity contribution in [2.45, 2.75) is 12.5 Å². The Morgan fingerprint density at radius 3 is 2.36 bits per heavy atom. The summed E-state index contributed by atoms with van der Waals surface area (Å²) in [6.45, 7) is 0. The van der Waals surface area contributed by atoms with E-state index in [4.69, 9.17) is 11.6 Å². The van der Waals surface area contributed by atoms with Crippen LogP contribution in [0.2, 0.25) is 5.02 Å². The fraction of sp³-hybridized carbons (Fsp3) is 0.125. The molecule has 22 heavy (non-hydrogen) atoms. The molecule has 1 aliphatic rings. The summed E-state index contributed by atoms with van der Waals surface area (Å²) in [5.74, 6) is -0.979. The van der Waals surface area contributed by atoms with Crippen molar-refractivity contribution in [1.29, 1.82) is 0 Å². The van der Waals surface area contributed by atoms with Crippen molar-refractivity contribution in [3.63, 3.8) is 0 Å². The molecular formula is C16H14Cl2N2O2. The van der Waals surface area contributed by atoms with Crippen LogP contribution in [0.25, 0.3) is 0 Å². The van der Waals surface area contributed by atoms with Gasteiger partial charge in [-0.25, -0.2) is 4.79 Å². The molecule has 3 rings (SSSR count). The van der Waals surface area contributed by atoms with E-state index in [-0.39, 0.29) is 24.2 Å². The summed E-state index contributed by atoms with van der Waals surface area (Å²) in [6.07, 6.45) is 0.377. The van der Waals surface area contributed by atoms with E-state index in [0.717, 1.165) is 11.3 Å². The monoisotopic (exact) mass is 336 g/mol. The summed E-state index contributed by atoms with van der Waals surface area (Å²) in [7, 11) is 0. The zero-order valence-electron chi connectivity index (χ0n) is 11.5. The molecule has 1 N–H and O–H groups in total. The van der Waals surface area contributed by atoms with Crippen molar-refractivity contribution in [1.82, 2.24) is 0 Å². The van der Waals surface area contributed by atoms with Gasteiger partial charge in [0.2, 0.25) is 0 Å². The molecule has 1 heterocycles. The van der Waals surface area contributed by atoms with Crippen LogP contribution in [0.4, 0.5) is 5.69 Å². The molecule has 0 saturated carbocycles. The third-order valence-electron chi connectivity index (χ3n) is 3.43. The van der Waals surface area contributed by atoms with Crippen molar-refractivity contribution in [3.05, 3.63) is 65.2 Å². The second kappa shape index (κ2) is 6.81. The van der Waals surface area contributed by atoms with Gasteiger partial charge in [0.05, 0.1) is 11.7 Å². The van der Waals surface area contributed by atoms with Crippen LogP contribution in [0.5, 0.6) is 0 Å². The minimum atomic E-state index is -0.979. The average Bonchev–Trinajstić information content (AvgIpc) is 2.94. The van der Waals surface area contributed by atoms with Crippen LogP contribution < -0.4 is 5.01 Å². The first-order valence-corrected chi connectivity index (χ1v) is 6.93. The van der Waals surface area contributed by atoms with Gasteiger partial charge in [0, 0.05) is 11.4 Å². The number of hydrazone groups is 1. The summed E-state index contributed by atoms with van der Waals surface area (Å²) >= 11 is 5.90. The SMILES string of the molecule is Cl.O=C(O)C1=NN(c2ccc(Cl)cc2)C(c2ccccc2)C1. The zero-order valence-corrected chi connectivity index (χ0v) is 13.1. The summed E-state index contributed by atoms with van der Waals surface area (Å²) in [5, 5.41) is 15.8. The molecule has 0 bridgehead atoms. The molecule has 0 aromatic heterocycles. The van der Waals surface area contributed by atoms with Crippen molar-refractivity contribution in [2.75, 3.05) is 5.01 Å². The lowest BCUT2D eigenvalue weighted by atomic mass is 10.0. The predicted molar refractivity (Wildman–Crippen MR) is 90.0 cm³/mol. The number of hydrogen-bond acceptors (Lipinski definition) is 3. The minimum Gasteiger partial charge on any atom is -0.477 e. The molecule has 0 aliphatic carbocycles. The third kappa shape index (κ3) is 3.24. The second-order valence-corrected chi connectivity index (χ2v) is 5.24. The van der Waals surface area contributed by atoms with Crippen LogP contribution in [0.3, 0.4) is 0 Å². The molecule has 1 unspecified atom stereocenters. The Bertz CT molecular complexity index is 687. The molecule has 0 spiro atoms. The highest BCUT2D eigenvalue weighted by Crippen LogP contribution is 2.35. The van der Waals surface area contributed by atoms with Gasteiger partial charge >= 0.3 is 5.97 Å². The number of benzene rings is 2. The molecule has 2 aromatic carbocycles. The second-order valence-electron chi connectivity index (χ2n) is 4.80. The summed E-state index contributed by atoms with van der Waals surface area (Å²) < 4.78 is 0. The number of halogens is 2. The topological polar surface area (TPSA) is 52.9 Å². The highest BCUT2D eigenvalue weighted by molar-refractivity contribution is 6.36. The van der Waals surface area contributed by atoms with E-state index >= 15 is 0 Å². The maximum absolute atomic E-state index is 11.2. The van der Waals surface area contributed by atoms with Gasteiger partial charge in [-0.05, 0) is 29.8 Å². The molecule has 0 amide bonds. The Hall–Kier alpha value is -2.04. The standard InChI is InChI=1S/C16H13ClN2O2.ClH/c17-12-6-8-13(9-7-12)19-15(10-14(18-19)16(20)21)11-4-2-1-3-5-11;/h1-9,15H,10H2,(H,20,21);1H. The van der Waals surface area contributed by atoms with Gasteiger partial charge in [-0.2, -0.15) is 5.10 Å². The quantitative estimate of drug-likeness (QED) is 0.915. The van der Waals surface area contributed by atoms with E-state index in [1.54, 1.807) is 17.1 Å². The van der Waals surface area contributed by atoms with Crippen LogP contribution in [-0.4, -0.2) is 16.8 Å². The smallest absolute Gasteiger partial charge is 0.352 e. The van der Waals surface area contributed by atoms with Gasteiger partial charge in [-0.1, -0.05) is 41.9 Å². The first kappa shape index (κ1) is 16.3. The van der Waals surface area contributed by atoms with Crippen LogP contribution in [0.1, 0.15) is 18.0 Å². The van der Waals surface area contributed by atoms with Crippen molar-refractivity contribution in [2.24, 2.45) is 5.10 Å². The van der Waals surface area contributed by atoms with Gasteiger partial charge in [0.1, 0.15) is 5.71 Å². The van der Waals surface area contributed by atoms with Crippen LogP contribution in [-0.2, 0) is 4.79 Å². The Labute approximate surface area is 139 Å². The normalized spacial score (nSPS) is 16.9. The van der Waals surface area contributed by atoms with Gasteiger partial charge in [0.15, 0.2) is 0 Å². The van der Waals surface area contributed by atoms with Crippen molar-refractivity contribution in [3.8, 4) is 0 Å². The van der Waals surface area contributed by atoms with E-state index in [9.17, 15) is 9.90 Å². The number of aliphatic carboxylic acids is 1. The third-order valence-corrected chi connectivity index (χ3v) is 3.68. The lowest BCUT2D eigenvalue weighted by Crippen LogP contribution is -2.18. The average molecular weight is 337 g/mol. The number of carboxylic acids is 1. The number of carboxylic acid groups (broad SMARTS) is 1. The number of hydrogen-bond donors (Lipinski definition) is 1. The number of rotatable bonds is 3. The Morgan fingerprint density at radius 1 is 1.14 bits per heavy atom. The fourth-order valence-corrected chi connectivity index (χ4v) is 2.53. The van der Waals surface area contributed by atoms with E-state index in [0.29, 0.717) is 11.4 Å². The molecule has 114 valence electrons. The maximum atomic E-state index is 11.2. The summed E-state index contributed by atoms with van der Waals surface area (Å²) in [4.78, 5) is 11.2. The van der Waals surface area contributed by atoms with E-state index < -0.39 is 5.97 Å². The molecule has 1 atom stereocenters. The predicted octanol–water partition coefficient (Wildman–Crippen LogP) is 4.15. The molecule has 0 radical (unpaired) electrons. The van der Waals surface area contributed by atoms with Gasteiger partial charge in [-0.3, -0.25) is 5.01 Å². The summed E-state index contributed by atoms with van der Waals surface area (Å²) in [5.41, 5.74) is 2.02. The maximum Gasteiger partial charge on any atom is 0.352 e.